The van der Waals surface area contributed by atoms with E-state index in [1.165, 1.54) is 23.3 Å². The number of ether oxygens (including phenoxy) is 1. The number of allylic oxidation sites excluding steroid dienone is 1. The number of hydrogen-bond donors (Lipinski definition) is 0. The highest BCUT2D eigenvalue weighted by Crippen LogP contribution is 2.32. The van der Waals surface area contributed by atoms with Gasteiger partial charge < -0.3 is 4.74 Å². The molecule has 2 heterocycles. The summed E-state index contributed by atoms with van der Waals surface area (Å²) < 4.78 is 7.95. The number of para-hydroxylation sites is 1. The second kappa shape index (κ2) is 7.14. The smallest absolute Gasteiger partial charge is 0.0678 e. The van der Waals surface area contributed by atoms with Gasteiger partial charge in [0.15, 0.2) is 0 Å². The molecule has 0 saturated carbocycles. The molecule has 1 aromatic heterocycles. The van der Waals surface area contributed by atoms with Crippen LogP contribution in [-0.2, 0) is 11.2 Å². The van der Waals surface area contributed by atoms with E-state index in [1.807, 2.05) is 0 Å². The van der Waals surface area contributed by atoms with Gasteiger partial charge in [-0.3, -0.25) is 4.90 Å². The maximum Gasteiger partial charge on any atom is 0.0678 e. The first-order valence-corrected chi connectivity index (χ1v) is 9.40. The predicted molar refractivity (Wildman–Crippen MR) is 101 cm³/mol. The number of aromatic nitrogens is 2. The van der Waals surface area contributed by atoms with E-state index in [4.69, 9.17) is 4.74 Å². The number of morpholine rings is 1. The fourth-order valence-corrected chi connectivity index (χ4v) is 4.14. The zero-order valence-corrected chi connectivity index (χ0v) is 15.2. The quantitative estimate of drug-likeness (QED) is 0.855. The van der Waals surface area contributed by atoms with Crippen molar-refractivity contribution in [1.29, 1.82) is 0 Å². The van der Waals surface area contributed by atoms with E-state index in [1.54, 1.807) is 0 Å². The number of benzene rings is 1. The molecule has 25 heavy (non-hydrogen) atoms. The van der Waals surface area contributed by atoms with Crippen molar-refractivity contribution in [3.05, 3.63) is 53.9 Å². The van der Waals surface area contributed by atoms with E-state index in [9.17, 15) is 0 Å². The SMILES string of the molecule is CC1CN(C/C=C2/CCCc3c2cnn3-c2ccccc2)CC(C)O1. The van der Waals surface area contributed by atoms with Gasteiger partial charge in [0.05, 0.1) is 29.8 Å². The molecule has 0 radical (unpaired) electrons. The lowest BCUT2D eigenvalue weighted by Gasteiger charge is -2.34. The largest absolute Gasteiger partial charge is 0.373 e. The lowest BCUT2D eigenvalue weighted by Crippen LogP contribution is -2.45. The second-order valence-corrected chi connectivity index (χ2v) is 7.31. The van der Waals surface area contributed by atoms with Crippen molar-refractivity contribution < 1.29 is 4.74 Å². The zero-order chi connectivity index (χ0) is 17.2. The average molecular weight is 337 g/mol. The van der Waals surface area contributed by atoms with Gasteiger partial charge in [-0.2, -0.15) is 5.10 Å². The van der Waals surface area contributed by atoms with E-state index in [-0.39, 0.29) is 0 Å². The van der Waals surface area contributed by atoms with Crippen LogP contribution in [-0.4, -0.2) is 46.5 Å². The Morgan fingerprint density at radius 1 is 1.12 bits per heavy atom. The van der Waals surface area contributed by atoms with Crippen molar-refractivity contribution in [1.82, 2.24) is 14.7 Å². The molecule has 4 heteroatoms. The minimum Gasteiger partial charge on any atom is -0.373 e. The molecule has 2 atom stereocenters. The van der Waals surface area contributed by atoms with E-state index in [0.717, 1.165) is 38.2 Å². The summed E-state index contributed by atoms with van der Waals surface area (Å²) in [6, 6.07) is 10.5. The Morgan fingerprint density at radius 2 is 1.88 bits per heavy atom. The summed E-state index contributed by atoms with van der Waals surface area (Å²) in [5.41, 5.74) is 5.30. The molecule has 0 amide bonds. The normalized spacial score (nSPS) is 25.9. The van der Waals surface area contributed by atoms with Crippen LogP contribution < -0.4 is 0 Å². The maximum absolute atomic E-state index is 5.84. The number of hydrogen-bond acceptors (Lipinski definition) is 3. The highest BCUT2D eigenvalue weighted by atomic mass is 16.5. The molecular formula is C21H27N3O. The molecule has 1 aliphatic heterocycles. The first kappa shape index (κ1) is 16.6. The van der Waals surface area contributed by atoms with Gasteiger partial charge in [0.25, 0.3) is 0 Å². The maximum atomic E-state index is 5.84. The van der Waals surface area contributed by atoms with Crippen molar-refractivity contribution in [2.45, 2.75) is 45.3 Å². The summed E-state index contributed by atoms with van der Waals surface area (Å²) in [6.45, 7) is 7.37. The van der Waals surface area contributed by atoms with Crippen LogP contribution in [0.2, 0.25) is 0 Å². The van der Waals surface area contributed by atoms with Gasteiger partial charge in [0.2, 0.25) is 0 Å². The lowest BCUT2D eigenvalue weighted by molar-refractivity contribution is -0.0646. The Kier molecular flexibility index (Phi) is 4.73. The molecular weight excluding hydrogens is 310 g/mol. The van der Waals surface area contributed by atoms with Gasteiger partial charge in [-0.25, -0.2) is 4.68 Å². The van der Waals surface area contributed by atoms with Crippen molar-refractivity contribution >= 4 is 5.57 Å². The lowest BCUT2D eigenvalue weighted by atomic mass is 9.92. The molecule has 2 aliphatic rings. The van der Waals surface area contributed by atoms with Crippen LogP contribution in [0.5, 0.6) is 0 Å². The van der Waals surface area contributed by atoms with Crippen LogP contribution in [0.15, 0.2) is 42.6 Å². The molecule has 2 unspecified atom stereocenters. The van der Waals surface area contributed by atoms with E-state index in [0.29, 0.717) is 12.2 Å². The van der Waals surface area contributed by atoms with Crippen molar-refractivity contribution in [3.8, 4) is 5.69 Å². The van der Waals surface area contributed by atoms with E-state index in [2.05, 4.69) is 71.1 Å². The van der Waals surface area contributed by atoms with Crippen LogP contribution >= 0.6 is 0 Å². The van der Waals surface area contributed by atoms with Gasteiger partial charge >= 0.3 is 0 Å². The summed E-state index contributed by atoms with van der Waals surface area (Å²) in [5.74, 6) is 0. The van der Waals surface area contributed by atoms with Gasteiger partial charge in [-0.1, -0.05) is 24.3 Å². The second-order valence-electron chi connectivity index (χ2n) is 7.31. The van der Waals surface area contributed by atoms with Crippen molar-refractivity contribution in [2.75, 3.05) is 19.6 Å². The fourth-order valence-electron chi connectivity index (χ4n) is 4.14. The third kappa shape index (κ3) is 3.55. The molecule has 4 rings (SSSR count). The fraction of sp³-hybridized carbons (Fsp3) is 0.476. The molecule has 1 fully saturated rings. The van der Waals surface area contributed by atoms with E-state index < -0.39 is 0 Å². The Bertz CT molecular complexity index is 740. The van der Waals surface area contributed by atoms with Crippen molar-refractivity contribution in [2.24, 2.45) is 0 Å². The molecule has 132 valence electrons. The molecule has 4 nitrogen and oxygen atoms in total. The number of rotatable bonds is 3. The first-order valence-electron chi connectivity index (χ1n) is 9.40. The van der Waals surface area contributed by atoms with Gasteiger partial charge in [0.1, 0.15) is 0 Å². The van der Waals surface area contributed by atoms with Gasteiger partial charge in [-0.05, 0) is 50.8 Å². The van der Waals surface area contributed by atoms with Crippen LogP contribution in [0, 0.1) is 0 Å². The number of nitrogens with zero attached hydrogens (tertiary/aromatic N) is 3. The molecule has 1 saturated heterocycles. The van der Waals surface area contributed by atoms with E-state index >= 15 is 0 Å². The average Bonchev–Trinajstić information content (AvgIpc) is 3.04. The summed E-state index contributed by atoms with van der Waals surface area (Å²) in [6.07, 6.45) is 8.58. The van der Waals surface area contributed by atoms with Crippen molar-refractivity contribution in [3.63, 3.8) is 0 Å². The Balaban J connectivity index is 1.55. The van der Waals surface area contributed by atoms with Gasteiger partial charge in [-0.15, -0.1) is 0 Å². The van der Waals surface area contributed by atoms with Crippen LogP contribution in [0.25, 0.3) is 11.3 Å². The summed E-state index contributed by atoms with van der Waals surface area (Å²) in [5, 5.41) is 4.68. The van der Waals surface area contributed by atoms with Crippen LogP contribution in [0.4, 0.5) is 0 Å². The monoisotopic (exact) mass is 337 g/mol. The Morgan fingerprint density at radius 3 is 2.64 bits per heavy atom. The summed E-state index contributed by atoms with van der Waals surface area (Å²) in [4.78, 5) is 2.50. The molecule has 0 bridgehead atoms. The Labute approximate surface area is 150 Å². The zero-order valence-electron chi connectivity index (χ0n) is 15.2. The minimum atomic E-state index is 0.324. The molecule has 1 aromatic carbocycles. The standard InChI is InChI=1S/C21H27N3O/c1-16-14-23(15-17(2)25-16)12-11-18-7-6-10-21-20(18)13-22-24(21)19-8-4-3-5-9-19/h3-5,8-9,11,13,16-17H,6-7,10,12,14-15H2,1-2H3/b18-11-. The molecule has 0 spiro atoms. The topological polar surface area (TPSA) is 30.3 Å². The third-order valence-corrected chi connectivity index (χ3v) is 5.17. The van der Waals surface area contributed by atoms with Crippen LogP contribution in [0.1, 0.15) is 37.9 Å². The third-order valence-electron chi connectivity index (χ3n) is 5.17. The highest BCUT2D eigenvalue weighted by Gasteiger charge is 2.23. The Hall–Kier alpha value is -1.91. The van der Waals surface area contributed by atoms with Crippen LogP contribution in [0.3, 0.4) is 0 Å². The van der Waals surface area contributed by atoms with Gasteiger partial charge in [0, 0.05) is 25.2 Å². The first-order chi connectivity index (χ1) is 12.2. The predicted octanol–water partition coefficient (Wildman–Crippen LogP) is 3.70. The minimum absolute atomic E-state index is 0.324. The summed E-state index contributed by atoms with van der Waals surface area (Å²) >= 11 is 0. The molecule has 2 aromatic rings. The summed E-state index contributed by atoms with van der Waals surface area (Å²) in [7, 11) is 0. The number of fused-ring (bicyclic) bond motifs is 1. The molecule has 0 N–H and O–H groups in total. The molecule has 1 aliphatic carbocycles. The highest BCUT2D eigenvalue weighted by molar-refractivity contribution is 5.69.